The predicted octanol–water partition coefficient (Wildman–Crippen LogP) is 2.51. The summed E-state index contributed by atoms with van der Waals surface area (Å²) in [5, 5.41) is 8.62. The standard InChI is InChI=1S/C12H15NO/c1-9-3-2-4-11-6-5-10(8-13-14)7-12(9)11/h5-7,13-14H,1-4,8H2. The molecule has 0 radical (unpaired) electrons. The lowest BCUT2D eigenvalue weighted by Gasteiger charge is -2.18. The second-order valence-corrected chi connectivity index (χ2v) is 3.78. The molecule has 74 valence electrons. The Labute approximate surface area is 84.2 Å². The summed E-state index contributed by atoms with van der Waals surface area (Å²) < 4.78 is 0. The van der Waals surface area contributed by atoms with Crippen molar-refractivity contribution in [2.45, 2.75) is 25.8 Å². The molecule has 0 aromatic heterocycles. The Bertz CT molecular complexity index is 357. The zero-order chi connectivity index (χ0) is 9.97. The molecule has 0 bridgehead atoms. The monoisotopic (exact) mass is 189 g/mol. The van der Waals surface area contributed by atoms with Crippen molar-refractivity contribution >= 4 is 5.57 Å². The van der Waals surface area contributed by atoms with Crippen LogP contribution in [0.3, 0.4) is 0 Å². The number of hydrogen-bond acceptors (Lipinski definition) is 2. The van der Waals surface area contributed by atoms with E-state index >= 15 is 0 Å². The van der Waals surface area contributed by atoms with Crippen LogP contribution in [0.1, 0.15) is 29.5 Å². The fourth-order valence-electron chi connectivity index (χ4n) is 2.00. The van der Waals surface area contributed by atoms with E-state index in [9.17, 15) is 0 Å². The topological polar surface area (TPSA) is 32.3 Å². The van der Waals surface area contributed by atoms with Gasteiger partial charge in [-0.15, -0.1) is 0 Å². The number of fused-ring (bicyclic) bond motifs is 1. The van der Waals surface area contributed by atoms with Crippen LogP contribution < -0.4 is 5.48 Å². The van der Waals surface area contributed by atoms with E-state index in [2.05, 4.69) is 30.3 Å². The van der Waals surface area contributed by atoms with Gasteiger partial charge in [-0.1, -0.05) is 18.7 Å². The number of hydrogen-bond donors (Lipinski definition) is 2. The molecule has 0 amide bonds. The van der Waals surface area contributed by atoms with Crippen LogP contribution in [-0.2, 0) is 13.0 Å². The number of allylic oxidation sites excluding steroid dienone is 1. The second kappa shape index (κ2) is 3.95. The van der Waals surface area contributed by atoms with Gasteiger partial charge in [0.15, 0.2) is 0 Å². The molecule has 0 saturated heterocycles. The van der Waals surface area contributed by atoms with Crippen LogP contribution in [0, 0.1) is 0 Å². The van der Waals surface area contributed by atoms with Gasteiger partial charge in [0.25, 0.3) is 0 Å². The van der Waals surface area contributed by atoms with Gasteiger partial charge in [-0.05, 0) is 47.6 Å². The van der Waals surface area contributed by atoms with Gasteiger partial charge in [0.2, 0.25) is 0 Å². The number of benzene rings is 1. The van der Waals surface area contributed by atoms with Crippen LogP contribution >= 0.6 is 0 Å². The predicted molar refractivity (Wildman–Crippen MR) is 57.0 cm³/mol. The van der Waals surface area contributed by atoms with Gasteiger partial charge in [0.1, 0.15) is 0 Å². The van der Waals surface area contributed by atoms with E-state index in [4.69, 9.17) is 5.21 Å². The largest absolute Gasteiger partial charge is 0.316 e. The van der Waals surface area contributed by atoms with Crippen molar-refractivity contribution in [1.29, 1.82) is 0 Å². The minimum atomic E-state index is 0.501. The van der Waals surface area contributed by atoms with Crippen LogP contribution in [0.25, 0.3) is 5.57 Å². The zero-order valence-corrected chi connectivity index (χ0v) is 8.21. The third-order valence-corrected chi connectivity index (χ3v) is 2.76. The molecule has 0 atom stereocenters. The van der Waals surface area contributed by atoms with E-state index < -0.39 is 0 Å². The molecule has 2 nitrogen and oxygen atoms in total. The van der Waals surface area contributed by atoms with Crippen LogP contribution in [0.2, 0.25) is 0 Å². The van der Waals surface area contributed by atoms with E-state index in [0.29, 0.717) is 6.54 Å². The first-order valence-corrected chi connectivity index (χ1v) is 4.98. The Hall–Kier alpha value is -1.12. The lowest BCUT2D eigenvalue weighted by atomic mass is 9.87. The van der Waals surface area contributed by atoms with Crippen LogP contribution in [-0.4, -0.2) is 5.21 Å². The quantitative estimate of drug-likeness (QED) is 0.701. The first-order chi connectivity index (χ1) is 6.81. The molecule has 0 spiro atoms. The van der Waals surface area contributed by atoms with Crippen LogP contribution in [0.5, 0.6) is 0 Å². The highest BCUT2D eigenvalue weighted by atomic mass is 16.5. The van der Waals surface area contributed by atoms with Gasteiger partial charge in [-0.2, -0.15) is 0 Å². The first-order valence-electron chi connectivity index (χ1n) is 4.98. The summed E-state index contributed by atoms with van der Waals surface area (Å²) in [6.07, 6.45) is 3.47. The van der Waals surface area contributed by atoms with Crippen molar-refractivity contribution < 1.29 is 5.21 Å². The van der Waals surface area contributed by atoms with E-state index in [-0.39, 0.29) is 0 Å². The summed E-state index contributed by atoms with van der Waals surface area (Å²) in [6, 6.07) is 6.33. The zero-order valence-electron chi connectivity index (χ0n) is 8.21. The number of nitrogens with one attached hydrogen (secondary N) is 1. The fourth-order valence-corrected chi connectivity index (χ4v) is 2.00. The molecule has 0 unspecified atom stereocenters. The van der Waals surface area contributed by atoms with E-state index in [0.717, 1.165) is 18.4 Å². The molecule has 2 heteroatoms. The Kier molecular flexibility index (Phi) is 2.66. The second-order valence-electron chi connectivity index (χ2n) is 3.78. The molecule has 1 aliphatic rings. The first kappa shape index (κ1) is 9.44. The SMILES string of the molecule is C=C1CCCc2ccc(CNO)cc21. The fraction of sp³-hybridized carbons (Fsp3) is 0.333. The van der Waals surface area contributed by atoms with Crippen molar-refractivity contribution in [3.05, 3.63) is 41.5 Å². The summed E-state index contributed by atoms with van der Waals surface area (Å²) in [4.78, 5) is 0. The Morgan fingerprint density at radius 2 is 2.21 bits per heavy atom. The summed E-state index contributed by atoms with van der Waals surface area (Å²) in [5.74, 6) is 0. The molecule has 0 saturated carbocycles. The third-order valence-electron chi connectivity index (χ3n) is 2.76. The molecule has 2 rings (SSSR count). The van der Waals surface area contributed by atoms with Gasteiger partial charge < -0.3 is 5.21 Å². The summed E-state index contributed by atoms with van der Waals surface area (Å²) in [5.41, 5.74) is 7.18. The molecular weight excluding hydrogens is 174 g/mol. The molecule has 1 aromatic rings. The lowest BCUT2D eigenvalue weighted by Crippen LogP contribution is -2.08. The Balaban J connectivity index is 2.36. The molecule has 1 aliphatic carbocycles. The highest BCUT2D eigenvalue weighted by Crippen LogP contribution is 2.29. The minimum absolute atomic E-state index is 0.501. The van der Waals surface area contributed by atoms with E-state index in [1.165, 1.54) is 23.1 Å². The summed E-state index contributed by atoms with van der Waals surface area (Å²) >= 11 is 0. The van der Waals surface area contributed by atoms with Crippen molar-refractivity contribution in [1.82, 2.24) is 5.48 Å². The van der Waals surface area contributed by atoms with Crippen molar-refractivity contribution in [2.75, 3.05) is 0 Å². The van der Waals surface area contributed by atoms with Crippen molar-refractivity contribution in [3.8, 4) is 0 Å². The Morgan fingerprint density at radius 3 is 3.00 bits per heavy atom. The molecule has 0 aliphatic heterocycles. The average Bonchev–Trinajstić information content (AvgIpc) is 2.20. The van der Waals surface area contributed by atoms with Gasteiger partial charge in [-0.3, -0.25) is 0 Å². The maximum absolute atomic E-state index is 8.62. The lowest BCUT2D eigenvalue weighted by molar-refractivity contribution is 0.161. The highest BCUT2D eigenvalue weighted by Gasteiger charge is 2.12. The van der Waals surface area contributed by atoms with Gasteiger partial charge in [0, 0.05) is 6.54 Å². The smallest absolute Gasteiger partial charge is 0.0458 e. The van der Waals surface area contributed by atoms with Crippen LogP contribution in [0.15, 0.2) is 24.8 Å². The molecule has 14 heavy (non-hydrogen) atoms. The number of rotatable bonds is 2. The molecule has 0 heterocycles. The highest BCUT2D eigenvalue weighted by molar-refractivity contribution is 5.68. The van der Waals surface area contributed by atoms with Crippen molar-refractivity contribution in [3.63, 3.8) is 0 Å². The molecule has 0 fully saturated rings. The molecule has 2 N–H and O–H groups in total. The number of aryl methyl sites for hydroxylation is 1. The normalized spacial score (nSPS) is 15.4. The van der Waals surface area contributed by atoms with Gasteiger partial charge in [-0.25, -0.2) is 5.48 Å². The van der Waals surface area contributed by atoms with Gasteiger partial charge >= 0.3 is 0 Å². The maximum Gasteiger partial charge on any atom is 0.0458 e. The van der Waals surface area contributed by atoms with E-state index in [1.807, 2.05) is 0 Å². The van der Waals surface area contributed by atoms with Crippen molar-refractivity contribution in [2.24, 2.45) is 0 Å². The summed E-state index contributed by atoms with van der Waals surface area (Å²) in [7, 11) is 0. The number of hydroxylamine groups is 1. The third kappa shape index (κ3) is 1.72. The average molecular weight is 189 g/mol. The minimum Gasteiger partial charge on any atom is -0.316 e. The molecule has 1 aromatic carbocycles. The van der Waals surface area contributed by atoms with E-state index in [1.54, 1.807) is 0 Å². The maximum atomic E-state index is 8.62. The van der Waals surface area contributed by atoms with Crippen LogP contribution in [0.4, 0.5) is 0 Å². The molecular formula is C12H15NO. The Morgan fingerprint density at radius 1 is 1.36 bits per heavy atom. The van der Waals surface area contributed by atoms with Gasteiger partial charge in [0.05, 0.1) is 0 Å². The summed E-state index contributed by atoms with van der Waals surface area (Å²) in [6.45, 7) is 4.57.